The number of carbonyl (C=O) groups is 1. The van der Waals surface area contributed by atoms with Crippen LogP contribution in [0.3, 0.4) is 0 Å². The van der Waals surface area contributed by atoms with Gasteiger partial charge in [-0.1, -0.05) is 187 Å². The van der Waals surface area contributed by atoms with Gasteiger partial charge in [-0.25, -0.2) is 4.57 Å². The van der Waals surface area contributed by atoms with Crippen molar-refractivity contribution in [3.05, 3.63) is 0 Å². The molecule has 0 aliphatic heterocycles. The van der Waals surface area contributed by atoms with Crippen molar-refractivity contribution in [2.24, 2.45) is 0 Å². The van der Waals surface area contributed by atoms with Crippen molar-refractivity contribution >= 4 is 13.8 Å². The van der Waals surface area contributed by atoms with Gasteiger partial charge in [-0.2, -0.15) is 0 Å². The molecular weight excluding hydrogens is 655 g/mol. The van der Waals surface area contributed by atoms with E-state index in [1.807, 2.05) is 0 Å². The summed E-state index contributed by atoms with van der Waals surface area (Å²) in [6, 6.07) is 0. The Kier molecular flexibility index (Phi) is 37.8. The maximum absolute atomic E-state index is 12.5. The van der Waals surface area contributed by atoms with Crippen LogP contribution in [-0.4, -0.2) is 66.3 Å². The van der Waals surface area contributed by atoms with Gasteiger partial charge in [0.25, 0.3) is 0 Å². The second kappa shape index (κ2) is 38.2. The van der Waals surface area contributed by atoms with Crippen LogP contribution in [0.2, 0.25) is 0 Å². The molecule has 0 bridgehead atoms. The van der Waals surface area contributed by atoms with Gasteiger partial charge in [-0.05, 0) is 12.8 Å². The van der Waals surface area contributed by atoms with Crippen LogP contribution in [-0.2, 0) is 27.9 Å². The number of phosphoric acid groups is 1. The minimum Gasteiger partial charge on any atom is -0.457 e. The summed E-state index contributed by atoms with van der Waals surface area (Å²) in [7, 11) is -4.50. The number of carbonyl (C=O) groups excluding carboxylic acids is 1. The van der Waals surface area contributed by atoms with Crippen LogP contribution >= 0.6 is 7.82 Å². The Morgan fingerprint density at radius 2 is 0.900 bits per heavy atom. The van der Waals surface area contributed by atoms with Crippen LogP contribution in [0, 0.1) is 0 Å². The fraction of sp³-hybridized carbons (Fsp3) is 0.975. The van der Waals surface area contributed by atoms with Crippen LogP contribution in [0.25, 0.3) is 0 Å². The van der Waals surface area contributed by atoms with Crippen LogP contribution < -0.4 is 0 Å². The summed E-state index contributed by atoms with van der Waals surface area (Å²) < 4.78 is 33.3. The molecule has 0 amide bonds. The highest BCUT2D eigenvalue weighted by Crippen LogP contribution is 2.43. The summed E-state index contributed by atoms with van der Waals surface area (Å²) in [4.78, 5) is 22.5. The second-order valence-corrected chi connectivity index (χ2v) is 15.8. The van der Waals surface area contributed by atoms with E-state index in [2.05, 4.69) is 13.8 Å². The monoisotopic (exact) mass is 737 g/mol. The quantitative estimate of drug-likeness (QED) is 0.0319. The molecule has 3 N–H and O–H groups in total. The molecule has 0 rings (SSSR count). The molecule has 1 unspecified atom stereocenters. The highest BCUT2D eigenvalue weighted by molar-refractivity contribution is 7.47. The highest BCUT2D eigenvalue weighted by atomic mass is 31.2. The standard InChI is InChI=1S/C40H81O9P/c1-3-5-7-9-11-13-15-16-17-18-19-20-21-23-25-27-29-31-33-46-36-39(37-48-50(44,45)47-35-38(42)34-41)49-40(43)32-30-28-26-24-22-14-12-10-8-6-4-2/h38-39,41-42H,3-37H2,1-2H3,(H,44,45)/t38-,39+/m0/s1. The summed E-state index contributed by atoms with van der Waals surface area (Å²) in [5, 5.41) is 18.3. The highest BCUT2D eigenvalue weighted by Gasteiger charge is 2.26. The third-order valence-corrected chi connectivity index (χ3v) is 10.2. The molecule has 50 heavy (non-hydrogen) atoms. The molecule has 0 aromatic heterocycles. The van der Waals surface area contributed by atoms with Crippen molar-refractivity contribution in [1.29, 1.82) is 0 Å². The van der Waals surface area contributed by atoms with Crippen molar-refractivity contribution in [3.63, 3.8) is 0 Å². The van der Waals surface area contributed by atoms with Gasteiger partial charge in [0, 0.05) is 13.0 Å². The average molecular weight is 737 g/mol. The molecule has 0 aliphatic rings. The van der Waals surface area contributed by atoms with E-state index < -0.39 is 33.2 Å². The first-order valence-corrected chi connectivity index (χ1v) is 22.5. The van der Waals surface area contributed by atoms with Gasteiger partial charge in [0.2, 0.25) is 0 Å². The van der Waals surface area contributed by atoms with Crippen LogP contribution in [0.1, 0.15) is 206 Å². The summed E-state index contributed by atoms with van der Waals surface area (Å²) in [6.07, 6.45) is 34.9. The van der Waals surface area contributed by atoms with Crippen molar-refractivity contribution in [1.82, 2.24) is 0 Å². The topological polar surface area (TPSA) is 132 Å². The van der Waals surface area contributed by atoms with E-state index >= 15 is 0 Å². The summed E-state index contributed by atoms with van der Waals surface area (Å²) in [6.45, 7) is 3.56. The van der Waals surface area contributed by atoms with E-state index in [9.17, 15) is 19.4 Å². The maximum atomic E-state index is 12.5. The molecular formula is C40H81O9P. The second-order valence-electron chi connectivity index (χ2n) is 14.4. The Bertz CT molecular complexity index is 754. The number of hydrogen-bond acceptors (Lipinski definition) is 8. The summed E-state index contributed by atoms with van der Waals surface area (Å²) in [5.41, 5.74) is 0. The SMILES string of the molecule is CCCCCCCCCCCCCCCCCCCCOC[C@H](COP(=O)(O)OC[C@@H](O)CO)OC(=O)CCCCCCCCCCCCC. The molecule has 0 radical (unpaired) electrons. The third kappa shape index (κ3) is 37.2. The summed E-state index contributed by atoms with van der Waals surface area (Å²) in [5.74, 6) is -0.379. The average Bonchev–Trinajstić information content (AvgIpc) is 3.10. The predicted octanol–water partition coefficient (Wildman–Crippen LogP) is 11.1. The Hall–Kier alpha value is -0.540. The Morgan fingerprint density at radius 3 is 1.30 bits per heavy atom. The summed E-state index contributed by atoms with van der Waals surface area (Å²) >= 11 is 0. The Morgan fingerprint density at radius 1 is 0.540 bits per heavy atom. The minimum absolute atomic E-state index is 0.0578. The first-order valence-electron chi connectivity index (χ1n) is 21.0. The number of phosphoric ester groups is 1. The lowest BCUT2D eigenvalue weighted by molar-refractivity contribution is -0.154. The van der Waals surface area contributed by atoms with Crippen LogP contribution in [0.5, 0.6) is 0 Å². The van der Waals surface area contributed by atoms with E-state index in [4.69, 9.17) is 23.6 Å². The lowest BCUT2D eigenvalue weighted by atomic mass is 10.0. The number of unbranched alkanes of at least 4 members (excludes halogenated alkanes) is 27. The molecule has 9 nitrogen and oxygen atoms in total. The fourth-order valence-corrected chi connectivity index (χ4v) is 6.85. The van der Waals surface area contributed by atoms with Gasteiger partial charge in [0.15, 0.2) is 0 Å². The van der Waals surface area contributed by atoms with Crippen LogP contribution in [0.4, 0.5) is 0 Å². The van der Waals surface area contributed by atoms with Crippen LogP contribution in [0.15, 0.2) is 0 Å². The number of hydrogen-bond donors (Lipinski definition) is 3. The number of aliphatic hydroxyl groups is 2. The van der Waals surface area contributed by atoms with Gasteiger partial charge < -0.3 is 24.6 Å². The largest absolute Gasteiger partial charge is 0.472 e. The molecule has 0 saturated heterocycles. The fourth-order valence-electron chi connectivity index (χ4n) is 6.06. The predicted molar refractivity (Wildman–Crippen MR) is 205 cm³/mol. The number of ether oxygens (including phenoxy) is 2. The molecule has 0 saturated carbocycles. The van der Waals surface area contributed by atoms with E-state index in [1.54, 1.807) is 0 Å². The van der Waals surface area contributed by atoms with Gasteiger partial charge in [-0.15, -0.1) is 0 Å². The minimum atomic E-state index is -4.50. The lowest BCUT2D eigenvalue weighted by Crippen LogP contribution is -2.29. The van der Waals surface area contributed by atoms with E-state index in [1.165, 1.54) is 154 Å². The van der Waals surface area contributed by atoms with E-state index in [0.29, 0.717) is 6.61 Å². The number of aliphatic hydroxyl groups excluding tert-OH is 2. The van der Waals surface area contributed by atoms with Gasteiger partial charge in [0.1, 0.15) is 12.2 Å². The molecule has 0 aromatic carbocycles. The van der Waals surface area contributed by atoms with Crippen molar-refractivity contribution in [2.45, 2.75) is 219 Å². The molecule has 0 aromatic rings. The molecule has 0 aliphatic carbocycles. The lowest BCUT2D eigenvalue weighted by Gasteiger charge is -2.20. The Balaban J connectivity index is 4.09. The molecule has 0 heterocycles. The van der Waals surface area contributed by atoms with Gasteiger partial charge in [-0.3, -0.25) is 13.8 Å². The maximum Gasteiger partial charge on any atom is 0.472 e. The Labute approximate surface area is 308 Å². The van der Waals surface area contributed by atoms with Crippen molar-refractivity contribution < 1.29 is 43.0 Å². The zero-order valence-electron chi connectivity index (χ0n) is 32.6. The van der Waals surface area contributed by atoms with E-state index in [-0.39, 0.29) is 25.6 Å². The number of rotatable bonds is 41. The van der Waals surface area contributed by atoms with E-state index in [0.717, 1.165) is 32.1 Å². The smallest absolute Gasteiger partial charge is 0.457 e. The van der Waals surface area contributed by atoms with Crippen molar-refractivity contribution in [3.8, 4) is 0 Å². The first kappa shape index (κ1) is 49.5. The first-order chi connectivity index (χ1) is 24.3. The van der Waals surface area contributed by atoms with Gasteiger partial charge in [0.05, 0.1) is 26.4 Å². The number of esters is 1. The third-order valence-electron chi connectivity index (χ3n) is 9.29. The molecule has 0 spiro atoms. The molecule has 10 heteroatoms. The van der Waals surface area contributed by atoms with Crippen molar-refractivity contribution in [2.75, 3.05) is 33.0 Å². The van der Waals surface area contributed by atoms with Gasteiger partial charge >= 0.3 is 13.8 Å². The molecule has 0 fully saturated rings. The zero-order valence-corrected chi connectivity index (χ0v) is 33.5. The molecule has 3 atom stereocenters. The normalized spacial score (nSPS) is 14.1. The molecule has 300 valence electrons. The zero-order chi connectivity index (χ0) is 36.8.